The van der Waals surface area contributed by atoms with Gasteiger partial charge in [0.05, 0.1) is 18.9 Å². The van der Waals surface area contributed by atoms with Gasteiger partial charge in [0.2, 0.25) is 5.78 Å². The first kappa shape index (κ1) is 15.8. The van der Waals surface area contributed by atoms with Crippen molar-refractivity contribution >= 4 is 5.78 Å². The lowest BCUT2D eigenvalue weighted by molar-refractivity contribution is -0.115. The fraction of sp³-hybridized carbons (Fsp3) is 0.667. The molecule has 1 fully saturated rings. The van der Waals surface area contributed by atoms with Gasteiger partial charge in [0.15, 0.2) is 0 Å². The Hall–Kier alpha value is -1.29. The molecule has 1 N–H and O–H groups in total. The molecule has 0 saturated carbocycles. The first-order chi connectivity index (χ1) is 8.75. The van der Waals surface area contributed by atoms with Gasteiger partial charge in [-0.2, -0.15) is 0 Å². The molecule has 0 aromatic rings. The number of ether oxygens (including phenoxy) is 1. The Morgan fingerprint density at radius 1 is 1.37 bits per heavy atom. The van der Waals surface area contributed by atoms with Crippen LogP contribution in [0.1, 0.15) is 35.0 Å². The molecule has 2 aliphatic rings. The largest absolute Gasteiger partial charge is 0.383 e. The van der Waals surface area contributed by atoms with Crippen molar-refractivity contribution in [1.82, 2.24) is 10.2 Å². The molecular weight excluding hydrogens is 240 g/mol. The van der Waals surface area contributed by atoms with Crippen LogP contribution in [0.4, 0.5) is 0 Å². The smallest absolute Gasteiger partial charge is 0.212 e. The average molecular weight is 268 g/mol. The van der Waals surface area contributed by atoms with E-state index >= 15 is 0 Å². The molecule has 110 valence electrons. The maximum absolute atomic E-state index is 11.9. The molecule has 0 spiro atoms. The van der Waals surface area contributed by atoms with Crippen LogP contribution in [-0.4, -0.2) is 43.5 Å². The Labute approximate surface area is 118 Å². The number of Topliss-reactive ketones (excluding diaryl/α,β-unsaturated/α-hetero) is 1. The van der Waals surface area contributed by atoms with Gasteiger partial charge in [0, 0.05) is 26.6 Å². The van der Waals surface area contributed by atoms with Crippen molar-refractivity contribution in [1.29, 1.82) is 0 Å². The van der Waals surface area contributed by atoms with E-state index < -0.39 is 0 Å². The van der Waals surface area contributed by atoms with E-state index in [1.165, 1.54) is 12.8 Å². The number of hydrogen-bond donors (Lipinski definition) is 1. The van der Waals surface area contributed by atoms with Crippen LogP contribution in [0.15, 0.2) is 23.5 Å². The molecule has 4 nitrogen and oxygen atoms in total. The van der Waals surface area contributed by atoms with Gasteiger partial charge in [0.1, 0.15) is 5.70 Å². The molecule has 1 aliphatic heterocycles. The van der Waals surface area contributed by atoms with Crippen LogP contribution in [-0.2, 0) is 9.53 Å². The lowest BCUT2D eigenvalue weighted by Gasteiger charge is -2.37. The monoisotopic (exact) mass is 268 g/mol. The van der Waals surface area contributed by atoms with E-state index in [-0.39, 0.29) is 14.6 Å². The molecule has 0 unspecified atom stereocenters. The minimum absolute atomic E-state index is 0. The Morgan fingerprint density at radius 3 is 2.68 bits per heavy atom. The minimum atomic E-state index is 0. The second-order valence-corrected chi connectivity index (χ2v) is 4.76. The third-order valence-corrected chi connectivity index (χ3v) is 3.44. The highest BCUT2D eigenvalue weighted by molar-refractivity contribution is 6.18. The van der Waals surface area contributed by atoms with Gasteiger partial charge in [-0.1, -0.05) is 33.8 Å². The van der Waals surface area contributed by atoms with Crippen molar-refractivity contribution in [3.63, 3.8) is 0 Å². The van der Waals surface area contributed by atoms with Crippen LogP contribution in [0.5, 0.6) is 0 Å². The highest BCUT2D eigenvalue weighted by Crippen LogP contribution is 2.30. The summed E-state index contributed by atoms with van der Waals surface area (Å²) in [6.45, 7) is 9.95. The van der Waals surface area contributed by atoms with Crippen molar-refractivity contribution < 1.29 is 11.0 Å². The molecule has 19 heavy (non-hydrogen) atoms. The fourth-order valence-electron chi connectivity index (χ4n) is 2.32. The number of ketones is 1. The van der Waals surface area contributed by atoms with Crippen molar-refractivity contribution in [3.05, 3.63) is 23.5 Å². The zero-order valence-electron chi connectivity index (χ0n) is 11.1. The lowest BCUT2D eigenvalue weighted by Crippen LogP contribution is -2.45. The molecule has 0 aromatic heterocycles. The highest BCUT2D eigenvalue weighted by atomic mass is 16.5. The van der Waals surface area contributed by atoms with Crippen LogP contribution in [0.3, 0.4) is 0 Å². The molecule has 1 saturated heterocycles. The van der Waals surface area contributed by atoms with Gasteiger partial charge < -0.3 is 15.0 Å². The van der Waals surface area contributed by atoms with E-state index in [2.05, 4.69) is 23.7 Å². The van der Waals surface area contributed by atoms with Gasteiger partial charge in [-0.25, -0.2) is 0 Å². The van der Waals surface area contributed by atoms with Gasteiger partial charge in [-0.3, -0.25) is 4.79 Å². The number of hydrogen-bond acceptors (Lipinski definition) is 4. The predicted molar refractivity (Wildman–Crippen MR) is 79.9 cm³/mol. The zero-order chi connectivity index (χ0) is 13.0. The Bertz CT molecular complexity index is 374. The van der Waals surface area contributed by atoms with Gasteiger partial charge in [-0.05, 0) is 6.42 Å². The minimum Gasteiger partial charge on any atom is -0.383 e. The second kappa shape index (κ2) is 7.34. The maximum atomic E-state index is 11.9. The standard InChI is InChI=1S/C14H22N2O2.CH4.H2/c1-3-4-5-6-15-12-11(2)14(17)13(12)16-7-9-18-10-8-16;;/h15H,2-10H2,1H3;1H4;1H. The predicted octanol–water partition coefficient (Wildman–Crippen LogP) is 2.33. The van der Waals surface area contributed by atoms with Crippen LogP contribution in [0.25, 0.3) is 0 Å². The van der Waals surface area contributed by atoms with E-state index in [0.717, 1.165) is 37.4 Å². The summed E-state index contributed by atoms with van der Waals surface area (Å²) in [5.41, 5.74) is 2.41. The van der Waals surface area contributed by atoms with Crippen LogP contribution >= 0.6 is 0 Å². The summed E-state index contributed by atoms with van der Waals surface area (Å²) < 4.78 is 5.31. The van der Waals surface area contributed by atoms with Gasteiger partial charge >= 0.3 is 0 Å². The number of allylic oxidation sites excluding steroid dienone is 2. The summed E-state index contributed by atoms with van der Waals surface area (Å²) in [6.07, 6.45) is 3.56. The molecule has 0 amide bonds. The van der Waals surface area contributed by atoms with E-state index in [9.17, 15) is 4.79 Å². The first-order valence-corrected chi connectivity index (χ1v) is 6.80. The van der Waals surface area contributed by atoms with Crippen molar-refractivity contribution in [3.8, 4) is 0 Å². The fourth-order valence-corrected chi connectivity index (χ4v) is 2.32. The normalized spacial score (nSPS) is 19.1. The van der Waals surface area contributed by atoms with Crippen LogP contribution in [0.2, 0.25) is 0 Å². The number of rotatable bonds is 6. The molecule has 0 aromatic carbocycles. The van der Waals surface area contributed by atoms with Gasteiger partial charge in [0.25, 0.3) is 0 Å². The number of unbranched alkanes of at least 4 members (excludes halogenated alkanes) is 2. The number of carbonyl (C=O) groups is 1. The number of nitrogens with one attached hydrogen (secondary N) is 1. The third kappa shape index (κ3) is 3.38. The van der Waals surface area contributed by atoms with E-state index in [1.54, 1.807) is 0 Å². The Kier molecular flexibility index (Phi) is 6.09. The zero-order valence-corrected chi connectivity index (χ0v) is 11.1. The Balaban J connectivity index is 0.00000180. The molecule has 1 heterocycles. The van der Waals surface area contributed by atoms with E-state index in [4.69, 9.17) is 4.74 Å². The molecule has 4 heteroatoms. The maximum Gasteiger partial charge on any atom is 0.212 e. The summed E-state index contributed by atoms with van der Waals surface area (Å²) in [5, 5.41) is 3.36. The SMILES string of the molecule is C.C=C1C(=O)C(N2CCOCC2)=C1NCCCCC.[HH]. The summed E-state index contributed by atoms with van der Waals surface area (Å²) in [7, 11) is 0. The van der Waals surface area contributed by atoms with Crippen molar-refractivity contribution in [2.24, 2.45) is 0 Å². The van der Waals surface area contributed by atoms with Crippen LogP contribution in [0, 0.1) is 0 Å². The summed E-state index contributed by atoms with van der Waals surface area (Å²) in [5.74, 6) is 0.0925. The average Bonchev–Trinajstić information content (AvgIpc) is 2.42. The van der Waals surface area contributed by atoms with Gasteiger partial charge in [-0.15, -0.1) is 0 Å². The summed E-state index contributed by atoms with van der Waals surface area (Å²) >= 11 is 0. The van der Waals surface area contributed by atoms with E-state index in [0.29, 0.717) is 18.8 Å². The molecule has 2 rings (SSSR count). The molecule has 0 bridgehead atoms. The molecule has 1 aliphatic carbocycles. The lowest BCUT2D eigenvalue weighted by atomic mass is 9.91. The molecule has 0 atom stereocenters. The summed E-state index contributed by atoms with van der Waals surface area (Å²) in [6, 6.07) is 0. The van der Waals surface area contributed by atoms with Crippen LogP contribution < -0.4 is 5.32 Å². The quantitative estimate of drug-likeness (QED) is 0.593. The Morgan fingerprint density at radius 2 is 2.05 bits per heavy atom. The summed E-state index contributed by atoms with van der Waals surface area (Å²) in [4.78, 5) is 14.0. The third-order valence-electron chi connectivity index (χ3n) is 3.44. The molecular formula is C15H28N2O2. The molecule has 0 radical (unpaired) electrons. The van der Waals surface area contributed by atoms with Crippen molar-refractivity contribution in [2.75, 3.05) is 32.8 Å². The number of morpholine rings is 1. The van der Waals surface area contributed by atoms with E-state index in [1.807, 2.05) is 0 Å². The second-order valence-electron chi connectivity index (χ2n) is 4.76. The topological polar surface area (TPSA) is 41.6 Å². The highest BCUT2D eigenvalue weighted by Gasteiger charge is 2.36. The van der Waals surface area contributed by atoms with Crippen molar-refractivity contribution in [2.45, 2.75) is 33.6 Å². The number of nitrogens with zero attached hydrogens (tertiary/aromatic N) is 1. The number of carbonyl (C=O) groups excluding carboxylic acids is 1. The first-order valence-electron chi connectivity index (χ1n) is 6.80.